The quantitative estimate of drug-likeness (QED) is 0.835. The van der Waals surface area contributed by atoms with E-state index >= 15 is 0 Å². The van der Waals surface area contributed by atoms with E-state index in [1.165, 1.54) is 7.11 Å². The van der Waals surface area contributed by atoms with E-state index in [-0.39, 0.29) is 11.4 Å². The average molecular weight is 329 g/mol. The highest BCUT2D eigenvalue weighted by Gasteiger charge is 2.11. The topological polar surface area (TPSA) is 47.3 Å². The lowest BCUT2D eigenvalue weighted by Crippen LogP contribution is -2.00. The van der Waals surface area contributed by atoms with Gasteiger partial charge in [-0.1, -0.05) is 15.9 Å². The van der Waals surface area contributed by atoms with Crippen molar-refractivity contribution < 1.29 is 13.5 Å². The van der Waals surface area contributed by atoms with Gasteiger partial charge in [-0.3, -0.25) is 0 Å². The van der Waals surface area contributed by atoms with Crippen LogP contribution in [0.4, 0.5) is 25.8 Å². The smallest absolute Gasteiger partial charge is 0.151 e. The Bertz CT molecular complexity index is 597. The van der Waals surface area contributed by atoms with Gasteiger partial charge < -0.3 is 15.8 Å². The normalized spacial score (nSPS) is 10.3. The molecule has 0 bridgehead atoms. The number of nitrogen functional groups attached to an aromatic ring is 1. The zero-order valence-electron chi connectivity index (χ0n) is 10.0. The molecule has 6 heteroatoms. The van der Waals surface area contributed by atoms with Crippen molar-refractivity contribution in [3.8, 4) is 5.75 Å². The summed E-state index contributed by atoms with van der Waals surface area (Å²) in [4.78, 5) is 0. The van der Waals surface area contributed by atoms with Gasteiger partial charge in [0, 0.05) is 21.9 Å². The third-order valence-electron chi connectivity index (χ3n) is 2.44. The van der Waals surface area contributed by atoms with Crippen LogP contribution in [-0.2, 0) is 0 Å². The molecule has 0 radical (unpaired) electrons. The van der Waals surface area contributed by atoms with Crippen LogP contribution in [0.1, 0.15) is 0 Å². The SMILES string of the molecule is COc1cc(Br)cc(Nc2c(F)cc(N)cc2F)c1. The van der Waals surface area contributed by atoms with Crippen LogP contribution in [-0.4, -0.2) is 7.11 Å². The van der Waals surface area contributed by atoms with Crippen molar-refractivity contribution in [2.75, 3.05) is 18.2 Å². The highest BCUT2D eigenvalue weighted by Crippen LogP contribution is 2.30. The van der Waals surface area contributed by atoms with Gasteiger partial charge in [-0.15, -0.1) is 0 Å². The van der Waals surface area contributed by atoms with Crippen LogP contribution in [0, 0.1) is 11.6 Å². The van der Waals surface area contributed by atoms with Gasteiger partial charge >= 0.3 is 0 Å². The zero-order valence-corrected chi connectivity index (χ0v) is 11.6. The molecule has 2 aromatic rings. The van der Waals surface area contributed by atoms with E-state index in [2.05, 4.69) is 21.2 Å². The predicted octanol–water partition coefficient (Wildman–Crippen LogP) is 4.06. The molecule has 0 heterocycles. The maximum absolute atomic E-state index is 13.7. The Balaban J connectivity index is 2.39. The molecule has 0 spiro atoms. The van der Waals surface area contributed by atoms with Gasteiger partial charge in [0.25, 0.3) is 0 Å². The number of hydrogen-bond acceptors (Lipinski definition) is 3. The number of rotatable bonds is 3. The van der Waals surface area contributed by atoms with Gasteiger partial charge in [-0.05, 0) is 24.3 Å². The summed E-state index contributed by atoms with van der Waals surface area (Å²) in [6.45, 7) is 0. The van der Waals surface area contributed by atoms with Crippen LogP contribution in [0.15, 0.2) is 34.8 Å². The number of benzene rings is 2. The van der Waals surface area contributed by atoms with Gasteiger partial charge in [-0.2, -0.15) is 0 Å². The zero-order chi connectivity index (χ0) is 14.0. The van der Waals surface area contributed by atoms with Crippen LogP contribution in [0.3, 0.4) is 0 Å². The molecular formula is C13H11BrF2N2O. The third-order valence-corrected chi connectivity index (χ3v) is 2.90. The van der Waals surface area contributed by atoms with E-state index < -0.39 is 11.6 Å². The summed E-state index contributed by atoms with van der Waals surface area (Å²) < 4.78 is 33.1. The van der Waals surface area contributed by atoms with Crippen LogP contribution < -0.4 is 15.8 Å². The molecule has 0 amide bonds. The summed E-state index contributed by atoms with van der Waals surface area (Å²) in [7, 11) is 1.51. The first kappa shape index (κ1) is 13.6. The molecule has 0 unspecified atom stereocenters. The lowest BCUT2D eigenvalue weighted by atomic mass is 10.2. The first-order chi connectivity index (χ1) is 8.99. The summed E-state index contributed by atoms with van der Waals surface area (Å²) in [5, 5.41) is 2.67. The van der Waals surface area contributed by atoms with E-state index in [0.29, 0.717) is 11.4 Å². The molecule has 0 saturated heterocycles. The summed E-state index contributed by atoms with van der Waals surface area (Å²) in [5.74, 6) is -0.943. The largest absolute Gasteiger partial charge is 0.497 e. The summed E-state index contributed by atoms with van der Waals surface area (Å²) in [6.07, 6.45) is 0. The molecule has 3 nitrogen and oxygen atoms in total. The van der Waals surface area contributed by atoms with Crippen molar-refractivity contribution >= 4 is 33.0 Å². The van der Waals surface area contributed by atoms with Gasteiger partial charge in [0.15, 0.2) is 11.6 Å². The molecule has 2 rings (SSSR count). The highest BCUT2D eigenvalue weighted by molar-refractivity contribution is 9.10. The molecule has 2 aromatic carbocycles. The second kappa shape index (κ2) is 5.44. The van der Waals surface area contributed by atoms with E-state index in [4.69, 9.17) is 10.5 Å². The van der Waals surface area contributed by atoms with E-state index in [9.17, 15) is 8.78 Å². The minimum Gasteiger partial charge on any atom is -0.497 e. The Hall–Kier alpha value is -1.82. The number of methoxy groups -OCH3 is 1. The number of nitrogens with two attached hydrogens (primary N) is 1. The lowest BCUT2D eigenvalue weighted by molar-refractivity contribution is 0.414. The molecule has 0 atom stereocenters. The molecule has 0 aromatic heterocycles. The molecule has 0 saturated carbocycles. The summed E-state index contributed by atoms with van der Waals surface area (Å²) in [6, 6.07) is 7.15. The molecule has 3 N–H and O–H groups in total. The number of hydrogen-bond donors (Lipinski definition) is 2. The van der Waals surface area contributed by atoms with Crippen molar-refractivity contribution in [2.24, 2.45) is 0 Å². The fourth-order valence-electron chi connectivity index (χ4n) is 1.61. The molecule has 0 aliphatic heterocycles. The van der Waals surface area contributed by atoms with Crippen molar-refractivity contribution in [3.05, 3.63) is 46.4 Å². The van der Waals surface area contributed by atoms with Crippen LogP contribution in [0.25, 0.3) is 0 Å². The van der Waals surface area contributed by atoms with Gasteiger partial charge in [0.1, 0.15) is 11.4 Å². The van der Waals surface area contributed by atoms with Crippen LogP contribution >= 0.6 is 15.9 Å². The fraction of sp³-hybridized carbons (Fsp3) is 0.0769. The Morgan fingerprint density at radius 2 is 1.74 bits per heavy atom. The molecule has 19 heavy (non-hydrogen) atoms. The van der Waals surface area contributed by atoms with E-state index in [0.717, 1.165) is 16.6 Å². The Labute approximate surface area is 117 Å². The first-order valence-corrected chi connectivity index (χ1v) is 6.15. The second-order valence-electron chi connectivity index (χ2n) is 3.86. The predicted molar refractivity (Wildman–Crippen MR) is 74.7 cm³/mol. The number of nitrogens with one attached hydrogen (secondary N) is 1. The first-order valence-electron chi connectivity index (χ1n) is 5.35. The van der Waals surface area contributed by atoms with Crippen molar-refractivity contribution in [3.63, 3.8) is 0 Å². The van der Waals surface area contributed by atoms with E-state index in [1.807, 2.05) is 0 Å². The summed E-state index contributed by atoms with van der Waals surface area (Å²) >= 11 is 3.29. The molecular weight excluding hydrogens is 318 g/mol. The summed E-state index contributed by atoms with van der Waals surface area (Å²) in [5.41, 5.74) is 5.63. The van der Waals surface area contributed by atoms with Gasteiger partial charge in [0.2, 0.25) is 0 Å². The maximum atomic E-state index is 13.7. The average Bonchev–Trinajstić information content (AvgIpc) is 2.33. The molecule has 0 fully saturated rings. The highest BCUT2D eigenvalue weighted by atomic mass is 79.9. The molecule has 0 aliphatic carbocycles. The molecule has 0 aliphatic rings. The van der Waals surface area contributed by atoms with Gasteiger partial charge in [0.05, 0.1) is 7.11 Å². The van der Waals surface area contributed by atoms with Crippen molar-refractivity contribution in [1.29, 1.82) is 0 Å². The van der Waals surface area contributed by atoms with Crippen molar-refractivity contribution in [1.82, 2.24) is 0 Å². The number of anilines is 3. The van der Waals surface area contributed by atoms with Crippen LogP contribution in [0.5, 0.6) is 5.75 Å². The standard InChI is InChI=1S/C13H11BrF2N2O/c1-19-10-3-7(14)2-9(6-10)18-13-11(15)4-8(17)5-12(13)16/h2-6,18H,17H2,1H3. The number of ether oxygens (including phenoxy) is 1. The second-order valence-corrected chi connectivity index (χ2v) is 4.78. The third kappa shape index (κ3) is 3.14. The minimum atomic E-state index is -0.753. The lowest BCUT2D eigenvalue weighted by Gasteiger charge is -2.11. The Kier molecular flexibility index (Phi) is 3.90. The monoisotopic (exact) mass is 328 g/mol. The minimum absolute atomic E-state index is 0.0346. The van der Waals surface area contributed by atoms with Crippen LogP contribution in [0.2, 0.25) is 0 Å². The van der Waals surface area contributed by atoms with E-state index in [1.54, 1.807) is 18.2 Å². The van der Waals surface area contributed by atoms with Crippen molar-refractivity contribution in [2.45, 2.75) is 0 Å². The van der Waals surface area contributed by atoms with Gasteiger partial charge in [-0.25, -0.2) is 8.78 Å². The Morgan fingerprint density at radius 1 is 1.11 bits per heavy atom. The maximum Gasteiger partial charge on any atom is 0.151 e. The fourth-order valence-corrected chi connectivity index (χ4v) is 2.08. The molecule has 100 valence electrons. The number of halogens is 3. The Morgan fingerprint density at radius 3 is 2.32 bits per heavy atom.